The van der Waals surface area contributed by atoms with Crippen LogP contribution in [0.5, 0.6) is 0 Å². The van der Waals surface area contributed by atoms with E-state index in [4.69, 9.17) is 0 Å². The third-order valence-corrected chi connectivity index (χ3v) is 3.97. The number of aryl methyl sites for hydroxylation is 1. The van der Waals surface area contributed by atoms with Crippen LogP contribution in [0.4, 0.5) is 0 Å². The van der Waals surface area contributed by atoms with Crippen LogP contribution in [-0.4, -0.2) is 13.1 Å². The van der Waals surface area contributed by atoms with E-state index in [2.05, 4.69) is 43.4 Å². The van der Waals surface area contributed by atoms with Gasteiger partial charge in [-0.05, 0) is 68.2 Å². The molecular weight excluding hydrogens is 218 g/mol. The Labute approximate surface area is 112 Å². The molecule has 0 aliphatic carbocycles. The molecule has 2 rings (SSSR count). The van der Waals surface area contributed by atoms with E-state index in [1.54, 1.807) is 0 Å². The molecule has 1 heteroatoms. The molecule has 18 heavy (non-hydrogen) atoms. The molecule has 1 heterocycles. The summed E-state index contributed by atoms with van der Waals surface area (Å²) in [4.78, 5) is 0. The lowest BCUT2D eigenvalue weighted by molar-refractivity contribution is 0.354. The summed E-state index contributed by atoms with van der Waals surface area (Å²) in [6.45, 7) is 7.01. The maximum absolute atomic E-state index is 3.44. The van der Waals surface area contributed by atoms with Crippen LogP contribution in [0.15, 0.2) is 24.3 Å². The third kappa shape index (κ3) is 4.45. The Kier molecular flexibility index (Phi) is 5.25. The second kappa shape index (κ2) is 6.94. The maximum Gasteiger partial charge on any atom is -0.00463 e. The molecule has 0 unspecified atom stereocenters. The van der Waals surface area contributed by atoms with Gasteiger partial charge >= 0.3 is 0 Å². The van der Waals surface area contributed by atoms with Crippen LogP contribution in [-0.2, 0) is 12.8 Å². The van der Waals surface area contributed by atoms with Crippen LogP contribution in [0.25, 0.3) is 0 Å². The molecule has 0 radical (unpaired) electrons. The van der Waals surface area contributed by atoms with Gasteiger partial charge in [0.05, 0.1) is 0 Å². The lowest BCUT2D eigenvalue weighted by atomic mass is 9.91. The van der Waals surface area contributed by atoms with Gasteiger partial charge in [-0.15, -0.1) is 0 Å². The lowest BCUT2D eigenvalue weighted by Crippen LogP contribution is -2.27. The van der Waals surface area contributed by atoms with Crippen molar-refractivity contribution in [1.82, 2.24) is 5.32 Å². The van der Waals surface area contributed by atoms with Crippen molar-refractivity contribution in [3.63, 3.8) is 0 Å². The second-order valence-corrected chi connectivity index (χ2v) is 6.15. The zero-order valence-electron chi connectivity index (χ0n) is 11.9. The Morgan fingerprint density at radius 1 is 1.06 bits per heavy atom. The van der Waals surface area contributed by atoms with Crippen LogP contribution in [0.2, 0.25) is 0 Å². The minimum Gasteiger partial charge on any atom is -0.317 e. The first-order valence-electron chi connectivity index (χ1n) is 7.52. The second-order valence-electron chi connectivity index (χ2n) is 6.15. The van der Waals surface area contributed by atoms with Crippen molar-refractivity contribution in [3.8, 4) is 0 Å². The predicted octanol–water partition coefficient (Wildman–Crippen LogP) is 3.82. The minimum atomic E-state index is 0.755. The Morgan fingerprint density at radius 2 is 1.67 bits per heavy atom. The zero-order valence-corrected chi connectivity index (χ0v) is 11.9. The standard InChI is InChI=1S/C17H27N/c1-14(2)13-17-7-5-15(6-8-17)3-4-16-9-11-18-12-10-16/h5-8,14,16,18H,3-4,9-13H2,1-2H3. The van der Waals surface area contributed by atoms with Crippen molar-refractivity contribution >= 4 is 0 Å². The molecule has 0 spiro atoms. The monoisotopic (exact) mass is 245 g/mol. The molecule has 1 aliphatic heterocycles. The van der Waals surface area contributed by atoms with Crippen LogP contribution < -0.4 is 5.32 Å². The topological polar surface area (TPSA) is 12.0 Å². The van der Waals surface area contributed by atoms with Crippen LogP contribution >= 0.6 is 0 Å². The van der Waals surface area contributed by atoms with E-state index in [1.807, 2.05) is 0 Å². The highest BCUT2D eigenvalue weighted by atomic mass is 14.9. The summed E-state index contributed by atoms with van der Waals surface area (Å²) < 4.78 is 0. The Balaban J connectivity index is 1.78. The molecule has 100 valence electrons. The van der Waals surface area contributed by atoms with Gasteiger partial charge in [-0.2, -0.15) is 0 Å². The van der Waals surface area contributed by atoms with E-state index in [9.17, 15) is 0 Å². The maximum atomic E-state index is 3.44. The molecule has 1 aromatic carbocycles. The summed E-state index contributed by atoms with van der Waals surface area (Å²) in [6.07, 6.45) is 6.56. The van der Waals surface area contributed by atoms with E-state index < -0.39 is 0 Å². The molecule has 1 aliphatic rings. The molecule has 1 fully saturated rings. The van der Waals surface area contributed by atoms with Crippen molar-refractivity contribution in [2.24, 2.45) is 11.8 Å². The average molecular weight is 245 g/mol. The van der Waals surface area contributed by atoms with Crippen molar-refractivity contribution in [2.45, 2.75) is 46.0 Å². The van der Waals surface area contributed by atoms with Gasteiger partial charge in [-0.3, -0.25) is 0 Å². The summed E-state index contributed by atoms with van der Waals surface area (Å²) >= 11 is 0. The summed E-state index contributed by atoms with van der Waals surface area (Å²) in [7, 11) is 0. The summed E-state index contributed by atoms with van der Waals surface area (Å²) in [5.74, 6) is 1.70. The molecule has 0 saturated carbocycles. The van der Waals surface area contributed by atoms with E-state index in [1.165, 1.54) is 56.3 Å². The summed E-state index contributed by atoms with van der Waals surface area (Å²) in [6, 6.07) is 9.30. The van der Waals surface area contributed by atoms with Gasteiger partial charge in [0.1, 0.15) is 0 Å². The highest BCUT2D eigenvalue weighted by Gasteiger charge is 2.12. The van der Waals surface area contributed by atoms with Crippen molar-refractivity contribution in [3.05, 3.63) is 35.4 Å². The molecule has 1 nitrogen and oxygen atoms in total. The Hall–Kier alpha value is -0.820. The third-order valence-electron chi connectivity index (χ3n) is 3.97. The minimum absolute atomic E-state index is 0.755. The number of hydrogen-bond acceptors (Lipinski definition) is 1. The van der Waals surface area contributed by atoms with Crippen molar-refractivity contribution < 1.29 is 0 Å². The fourth-order valence-corrected chi connectivity index (χ4v) is 2.85. The molecule has 1 aromatic rings. The largest absolute Gasteiger partial charge is 0.317 e. The first kappa shape index (κ1) is 13.6. The fourth-order valence-electron chi connectivity index (χ4n) is 2.85. The number of piperidine rings is 1. The highest BCUT2D eigenvalue weighted by molar-refractivity contribution is 5.23. The number of rotatable bonds is 5. The van der Waals surface area contributed by atoms with E-state index in [0.29, 0.717) is 0 Å². The van der Waals surface area contributed by atoms with Gasteiger partial charge in [-0.25, -0.2) is 0 Å². The molecule has 0 aromatic heterocycles. The van der Waals surface area contributed by atoms with Gasteiger partial charge in [-0.1, -0.05) is 38.1 Å². The van der Waals surface area contributed by atoms with Crippen molar-refractivity contribution in [2.75, 3.05) is 13.1 Å². The number of benzene rings is 1. The van der Waals surface area contributed by atoms with E-state index >= 15 is 0 Å². The highest BCUT2D eigenvalue weighted by Crippen LogP contribution is 2.19. The molecule has 0 bridgehead atoms. The average Bonchev–Trinajstić information content (AvgIpc) is 2.38. The smallest absolute Gasteiger partial charge is 0.00463 e. The van der Waals surface area contributed by atoms with Gasteiger partial charge in [0.2, 0.25) is 0 Å². The molecule has 1 N–H and O–H groups in total. The lowest BCUT2D eigenvalue weighted by Gasteiger charge is -2.22. The molecule has 0 amide bonds. The van der Waals surface area contributed by atoms with Crippen LogP contribution in [0.3, 0.4) is 0 Å². The van der Waals surface area contributed by atoms with Crippen LogP contribution in [0, 0.1) is 11.8 Å². The number of nitrogens with one attached hydrogen (secondary N) is 1. The Bertz CT molecular complexity index is 333. The molecule has 0 atom stereocenters. The normalized spacial score (nSPS) is 17.3. The first-order valence-corrected chi connectivity index (χ1v) is 7.52. The zero-order chi connectivity index (χ0) is 12.8. The SMILES string of the molecule is CC(C)Cc1ccc(CCC2CCNCC2)cc1. The molecule has 1 saturated heterocycles. The predicted molar refractivity (Wildman–Crippen MR) is 78.9 cm³/mol. The van der Waals surface area contributed by atoms with E-state index in [-0.39, 0.29) is 0 Å². The summed E-state index contributed by atoms with van der Waals surface area (Å²) in [5.41, 5.74) is 3.00. The first-order chi connectivity index (χ1) is 8.74. The fraction of sp³-hybridized carbons (Fsp3) is 0.647. The van der Waals surface area contributed by atoms with Gasteiger partial charge < -0.3 is 5.32 Å². The summed E-state index contributed by atoms with van der Waals surface area (Å²) in [5, 5.41) is 3.44. The van der Waals surface area contributed by atoms with Gasteiger partial charge in [0, 0.05) is 0 Å². The Morgan fingerprint density at radius 3 is 2.28 bits per heavy atom. The van der Waals surface area contributed by atoms with Crippen LogP contribution in [0.1, 0.15) is 44.2 Å². The van der Waals surface area contributed by atoms with Crippen molar-refractivity contribution in [1.29, 1.82) is 0 Å². The number of hydrogen-bond donors (Lipinski definition) is 1. The van der Waals surface area contributed by atoms with Gasteiger partial charge in [0.15, 0.2) is 0 Å². The van der Waals surface area contributed by atoms with Gasteiger partial charge in [0.25, 0.3) is 0 Å². The molecular formula is C17H27N. The van der Waals surface area contributed by atoms with E-state index in [0.717, 1.165) is 11.8 Å². The quantitative estimate of drug-likeness (QED) is 0.831.